The number of alkyl halides is 5. The van der Waals surface area contributed by atoms with Gasteiger partial charge in [-0.1, -0.05) is 0 Å². The van der Waals surface area contributed by atoms with Gasteiger partial charge in [-0.15, -0.1) is 13.2 Å². The van der Waals surface area contributed by atoms with E-state index in [0.717, 1.165) is 0 Å². The maximum Gasteiger partial charge on any atom is 0.573 e. The van der Waals surface area contributed by atoms with Crippen molar-refractivity contribution in [2.75, 3.05) is 6.61 Å². The first-order chi connectivity index (χ1) is 9.17. The standard InChI is InChI=1S/C10H8F5NO4/c1-2-19-9(18)5-4(20-10(13,14)15)3-16-8(17)6(5)7(11)12/h3,7H,2H2,1H3,(H,16,17). The Morgan fingerprint density at radius 1 is 1.40 bits per heavy atom. The van der Waals surface area contributed by atoms with Crippen LogP contribution in [0.25, 0.3) is 0 Å². The van der Waals surface area contributed by atoms with Crippen molar-refractivity contribution in [3.8, 4) is 5.75 Å². The minimum Gasteiger partial charge on any atom is -0.462 e. The van der Waals surface area contributed by atoms with Crippen LogP contribution in [0.15, 0.2) is 11.0 Å². The Hall–Kier alpha value is -2.13. The lowest BCUT2D eigenvalue weighted by Crippen LogP contribution is -2.25. The van der Waals surface area contributed by atoms with Crippen LogP contribution in [0.4, 0.5) is 22.0 Å². The van der Waals surface area contributed by atoms with Crippen molar-refractivity contribution in [3.63, 3.8) is 0 Å². The maximum absolute atomic E-state index is 12.7. The Kier molecular flexibility index (Phi) is 4.69. The molecule has 0 unspecified atom stereocenters. The monoisotopic (exact) mass is 301 g/mol. The summed E-state index contributed by atoms with van der Waals surface area (Å²) < 4.78 is 69.7. The summed E-state index contributed by atoms with van der Waals surface area (Å²) >= 11 is 0. The molecule has 0 saturated heterocycles. The topological polar surface area (TPSA) is 68.4 Å². The van der Waals surface area contributed by atoms with E-state index in [-0.39, 0.29) is 6.61 Å². The molecule has 0 fully saturated rings. The molecule has 0 atom stereocenters. The first-order valence-corrected chi connectivity index (χ1v) is 5.14. The van der Waals surface area contributed by atoms with Crippen molar-refractivity contribution in [1.82, 2.24) is 4.98 Å². The van der Waals surface area contributed by atoms with E-state index < -0.39 is 41.2 Å². The summed E-state index contributed by atoms with van der Waals surface area (Å²) in [5.41, 5.74) is -4.09. The normalized spacial score (nSPS) is 11.6. The van der Waals surface area contributed by atoms with Gasteiger partial charge in [0.2, 0.25) is 0 Å². The second kappa shape index (κ2) is 5.88. The van der Waals surface area contributed by atoms with Gasteiger partial charge in [0.25, 0.3) is 12.0 Å². The van der Waals surface area contributed by atoms with Crippen molar-refractivity contribution < 1.29 is 36.2 Å². The molecule has 1 aromatic heterocycles. The summed E-state index contributed by atoms with van der Waals surface area (Å²) in [6, 6.07) is 0. The number of carbonyl (C=O) groups excluding carboxylic acids is 1. The smallest absolute Gasteiger partial charge is 0.462 e. The molecular weight excluding hydrogens is 293 g/mol. The number of halogens is 5. The Labute approximate surface area is 108 Å². The van der Waals surface area contributed by atoms with Crippen LogP contribution in [-0.2, 0) is 4.74 Å². The fraction of sp³-hybridized carbons (Fsp3) is 0.400. The average Bonchev–Trinajstić information content (AvgIpc) is 2.29. The Balaban J connectivity index is 3.48. The number of aromatic nitrogens is 1. The number of hydrogen-bond donors (Lipinski definition) is 1. The van der Waals surface area contributed by atoms with Gasteiger partial charge >= 0.3 is 12.3 Å². The molecule has 20 heavy (non-hydrogen) atoms. The summed E-state index contributed by atoms with van der Waals surface area (Å²) in [6.07, 6.45) is -8.33. The molecule has 0 aromatic carbocycles. The Bertz CT molecular complexity index is 552. The zero-order chi connectivity index (χ0) is 15.5. The van der Waals surface area contributed by atoms with Crippen LogP contribution in [0.1, 0.15) is 29.3 Å². The van der Waals surface area contributed by atoms with Crippen LogP contribution in [0, 0.1) is 0 Å². The highest BCUT2D eigenvalue weighted by Crippen LogP contribution is 2.31. The lowest BCUT2D eigenvalue weighted by Gasteiger charge is -2.14. The van der Waals surface area contributed by atoms with Crippen molar-refractivity contribution in [3.05, 3.63) is 27.7 Å². The molecule has 1 heterocycles. The Morgan fingerprint density at radius 2 is 2.00 bits per heavy atom. The van der Waals surface area contributed by atoms with Gasteiger partial charge in [-0.2, -0.15) is 0 Å². The van der Waals surface area contributed by atoms with Crippen LogP contribution in [-0.4, -0.2) is 23.9 Å². The van der Waals surface area contributed by atoms with Crippen LogP contribution in [0.2, 0.25) is 0 Å². The third-order valence-corrected chi connectivity index (χ3v) is 2.02. The number of ether oxygens (including phenoxy) is 2. The maximum atomic E-state index is 12.7. The number of aromatic amines is 1. The van der Waals surface area contributed by atoms with Gasteiger partial charge in [-0.25, -0.2) is 13.6 Å². The highest BCUT2D eigenvalue weighted by Gasteiger charge is 2.36. The van der Waals surface area contributed by atoms with Gasteiger partial charge in [-0.05, 0) is 6.92 Å². The summed E-state index contributed by atoms with van der Waals surface area (Å²) in [4.78, 5) is 24.3. The van der Waals surface area contributed by atoms with Gasteiger partial charge < -0.3 is 14.5 Å². The first kappa shape index (κ1) is 15.9. The number of esters is 1. The fourth-order valence-electron chi connectivity index (χ4n) is 1.35. The summed E-state index contributed by atoms with van der Waals surface area (Å²) in [6.45, 7) is 1.04. The molecule has 1 N–H and O–H groups in total. The van der Waals surface area contributed by atoms with Crippen molar-refractivity contribution in [2.45, 2.75) is 19.7 Å². The number of pyridine rings is 1. The van der Waals surface area contributed by atoms with E-state index in [0.29, 0.717) is 6.20 Å². The number of hydrogen-bond acceptors (Lipinski definition) is 4. The number of H-pyrrole nitrogens is 1. The van der Waals surface area contributed by atoms with Gasteiger partial charge in [0.1, 0.15) is 11.1 Å². The minimum atomic E-state index is -5.22. The van der Waals surface area contributed by atoms with Crippen LogP contribution >= 0.6 is 0 Å². The molecule has 0 saturated carbocycles. The highest BCUT2D eigenvalue weighted by atomic mass is 19.4. The molecule has 0 aliphatic carbocycles. The second-order valence-corrected chi connectivity index (χ2v) is 3.34. The van der Waals surface area contributed by atoms with Gasteiger partial charge in [-0.3, -0.25) is 4.79 Å². The average molecular weight is 301 g/mol. The highest BCUT2D eigenvalue weighted by molar-refractivity contribution is 5.94. The minimum absolute atomic E-state index is 0.278. The van der Waals surface area contributed by atoms with Crippen molar-refractivity contribution in [1.29, 1.82) is 0 Å². The molecule has 0 aliphatic heterocycles. The number of carbonyl (C=O) groups is 1. The first-order valence-electron chi connectivity index (χ1n) is 5.14. The lowest BCUT2D eigenvalue weighted by atomic mass is 10.1. The van der Waals surface area contributed by atoms with Crippen molar-refractivity contribution >= 4 is 5.97 Å². The molecule has 5 nitrogen and oxygen atoms in total. The second-order valence-electron chi connectivity index (χ2n) is 3.34. The van der Waals surface area contributed by atoms with E-state index in [1.165, 1.54) is 6.92 Å². The predicted molar refractivity (Wildman–Crippen MR) is 54.7 cm³/mol. The zero-order valence-electron chi connectivity index (χ0n) is 9.88. The Morgan fingerprint density at radius 3 is 2.45 bits per heavy atom. The lowest BCUT2D eigenvalue weighted by molar-refractivity contribution is -0.274. The molecule has 0 bridgehead atoms. The number of rotatable bonds is 4. The SMILES string of the molecule is CCOC(=O)c1c(OC(F)(F)F)c[nH]c(=O)c1C(F)F. The summed E-state index contributed by atoms with van der Waals surface area (Å²) in [7, 11) is 0. The van der Waals surface area contributed by atoms with E-state index in [9.17, 15) is 31.5 Å². The quantitative estimate of drug-likeness (QED) is 0.685. The van der Waals surface area contributed by atoms with E-state index in [1.54, 1.807) is 4.98 Å². The molecule has 0 amide bonds. The zero-order valence-corrected chi connectivity index (χ0v) is 9.88. The molecule has 112 valence electrons. The van der Waals surface area contributed by atoms with E-state index >= 15 is 0 Å². The fourth-order valence-corrected chi connectivity index (χ4v) is 1.35. The summed E-state index contributed by atoms with van der Waals surface area (Å²) in [5, 5.41) is 0. The molecular formula is C10H8F5NO4. The molecule has 1 rings (SSSR count). The van der Waals surface area contributed by atoms with Crippen LogP contribution in [0.5, 0.6) is 5.75 Å². The van der Waals surface area contributed by atoms with E-state index in [4.69, 9.17) is 0 Å². The molecule has 0 aliphatic rings. The molecule has 10 heteroatoms. The van der Waals surface area contributed by atoms with Crippen molar-refractivity contribution in [2.24, 2.45) is 0 Å². The van der Waals surface area contributed by atoms with Gasteiger partial charge in [0, 0.05) is 6.20 Å². The van der Waals surface area contributed by atoms with Crippen LogP contribution in [0.3, 0.4) is 0 Å². The third-order valence-electron chi connectivity index (χ3n) is 2.02. The van der Waals surface area contributed by atoms with Gasteiger partial charge in [0.15, 0.2) is 5.75 Å². The van der Waals surface area contributed by atoms with Gasteiger partial charge in [0.05, 0.1) is 6.61 Å². The van der Waals surface area contributed by atoms with E-state index in [1.807, 2.05) is 0 Å². The molecule has 0 spiro atoms. The molecule has 1 aromatic rings. The largest absolute Gasteiger partial charge is 0.573 e. The van der Waals surface area contributed by atoms with E-state index in [2.05, 4.69) is 9.47 Å². The molecule has 0 radical (unpaired) electrons. The number of nitrogens with one attached hydrogen (secondary N) is 1. The summed E-state index contributed by atoms with van der Waals surface area (Å²) in [5.74, 6) is -2.76. The predicted octanol–water partition coefficient (Wildman–Crippen LogP) is 2.39. The third kappa shape index (κ3) is 3.68. The van der Waals surface area contributed by atoms with Crippen LogP contribution < -0.4 is 10.3 Å².